The van der Waals surface area contributed by atoms with Crippen molar-refractivity contribution in [3.8, 4) is 0 Å². The zero-order valence-corrected chi connectivity index (χ0v) is 19.5. The van der Waals surface area contributed by atoms with Crippen molar-refractivity contribution in [2.24, 2.45) is 0 Å². The molecule has 0 aliphatic heterocycles. The van der Waals surface area contributed by atoms with Crippen molar-refractivity contribution < 1.29 is 19.1 Å². The lowest BCUT2D eigenvalue weighted by Gasteiger charge is -2.42. The molecule has 1 atom stereocenters. The Bertz CT molecular complexity index is 751. The average Bonchev–Trinajstić information content (AvgIpc) is 2.64. The molecule has 1 aliphatic carbocycles. The molecule has 0 saturated heterocycles. The Balaban J connectivity index is 2.23. The fourth-order valence-corrected chi connectivity index (χ4v) is 3.45. The van der Waals surface area contributed by atoms with E-state index in [1.807, 2.05) is 31.2 Å². The van der Waals surface area contributed by atoms with Gasteiger partial charge in [0.05, 0.1) is 0 Å². The van der Waals surface area contributed by atoms with Crippen LogP contribution in [-0.4, -0.2) is 47.5 Å². The molecule has 0 bridgehead atoms. The number of aryl methyl sites for hydroxylation is 1. The highest BCUT2D eigenvalue weighted by Crippen LogP contribution is 2.33. The van der Waals surface area contributed by atoms with E-state index in [1.54, 1.807) is 25.7 Å². The van der Waals surface area contributed by atoms with Gasteiger partial charge in [-0.3, -0.25) is 9.59 Å². The number of carbonyl (C=O) groups is 3. The minimum absolute atomic E-state index is 0.0174. The fraction of sp³-hybridized carbons (Fsp3) is 0.625. The van der Waals surface area contributed by atoms with Crippen molar-refractivity contribution in [1.82, 2.24) is 15.5 Å². The summed E-state index contributed by atoms with van der Waals surface area (Å²) < 4.78 is 5.24. The van der Waals surface area contributed by atoms with Gasteiger partial charge >= 0.3 is 6.09 Å². The normalized spacial score (nSPS) is 14.9. The second kappa shape index (κ2) is 11.2. The van der Waals surface area contributed by atoms with Crippen LogP contribution in [0.2, 0.25) is 0 Å². The molecule has 2 rings (SSSR count). The highest BCUT2D eigenvalue weighted by Gasteiger charge is 2.38. The van der Waals surface area contributed by atoms with Crippen LogP contribution in [0.5, 0.6) is 0 Å². The molecule has 1 unspecified atom stereocenters. The number of ether oxygens (including phenoxy) is 1. The lowest BCUT2D eigenvalue weighted by molar-refractivity contribution is -0.145. The Hall–Kier alpha value is -2.57. The molecule has 3 amide bonds. The van der Waals surface area contributed by atoms with Gasteiger partial charge in [0.2, 0.25) is 11.8 Å². The van der Waals surface area contributed by atoms with Crippen LogP contribution < -0.4 is 10.6 Å². The minimum atomic E-state index is -0.726. The summed E-state index contributed by atoms with van der Waals surface area (Å²) >= 11 is 0. The topological polar surface area (TPSA) is 87.7 Å². The summed E-state index contributed by atoms with van der Waals surface area (Å²) in [7, 11) is 0. The maximum atomic E-state index is 13.2. The van der Waals surface area contributed by atoms with E-state index in [4.69, 9.17) is 4.74 Å². The summed E-state index contributed by atoms with van der Waals surface area (Å²) in [6, 6.07) is 6.96. The molecule has 7 heteroatoms. The van der Waals surface area contributed by atoms with Gasteiger partial charge in [-0.2, -0.15) is 0 Å². The Morgan fingerprint density at radius 3 is 2.29 bits per heavy atom. The zero-order chi connectivity index (χ0) is 23.0. The molecule has 1 aromatic carbocycles. The Labute approximate surface area is 185 Å². The third-order valence-electron chi connectivity index (χ3n) is 5.29. The number of nitrogens with zero attached hydrogens (tertiary/aromatic N) is 1. The van der Waals surface area contributed by atoms with Gasteiger partial charge in [-0.1, -0.05) is 43.2 Å². The number of unbranched alkanes of at least 4 members (excludes halogenated alkanes) is 1. The maximum Gasteiger partial charge on any atom is 0.408 e. The molecular formula is C24H37N3O4. The third-order valence-corrected chi connectivity index (χ3v) is 5.29. The van der Waals surface area contributed by atoms with E-state index in [9.17, 15) is 14.4 Å². The summed E-state index contributed by atoms with van der Waals surface area (Å²) in [5, 5.41) is 5.53. The molecule has 1 saturated carbocycles. The highest BCUT2D eigenvalue weighted by atomic mass is 16.6. The van der Waals surface area contributed by atoms with E-state index in [2.05, 4.69) is 17.6 Å². The monoisotopic (exact) mass is 431 g/mol. The predicted molar refractivity (Wildman–Crippen MR) is 121 cm³/mol. The molecular weight excluding hydrogens is 394 g/mol. The van der Waals surface area contributed by atoms with Crippen LogP contribution in [0.25, 0.3) is 0 Å². The van der Waals surface area contributed by atoms with Crippen LogP contribution in [0, 0.1) is 6.92 Å². The molecule has 0 radical (unpaired) electrons. The van der Waals surface area contributed by atoms with Crippen molar-refractivity contribution >= 4 is 17.9 Å². The van der Waals surface area contributed by atoms with Gasteiger partial charge in [-0.15, -0.1) is 0 Å². The van der Waals surface area contributed by atoms with Crippen LogP contribution >= 0.6 is 0 Å². The van der Waals surface area contributed by atoms with Crippen molar-refractivity contribution in [1.29, 1.82) is 0 Å². The van der Waals surface area contributed by atoms with E-state index in [0.29, 0.717) is 6.54 Å². The van der Waals surface area contributed by atoms with Crippen LogP contribution in [0.1, 0.15) is 77.0 Å². The highest BCUT2D eigenvalue weighted by molar-refractivity contribution is 5.90. The first kappa shape index (κ1) is 24.7. The third kappa shape index (κ3) is 7.56. The lowest BCUT2D eigenvalue weighted by Crippen LogP contribution is -2.53. The first-order valence-electron chi connectivity index (χ1n) is 11.2. The maximum absolute atomic E-state index is 13.2. The summed E-state index contributed by atoms with van der Waals surface area (Å²) in [5.41, 5.74) is 1.21. The number of nitrogens with one attached hydrogen (secondary N) is 2. The molecule has 1 aromatic rings. The van der Waals surface area contributed by atoms with Gasteiger partial charge in [0, 0.05) is 12.6 Å². The Morgan fingerprint density at radius 2 is 1.77 bits per heavy atom. The van der Waals surface area contributed by atoms with E-state index >= 15 is 0 Å². The molecule has 0 spiro atoms. The molecule has 7 nitrogen and oxygen atoms in total. The van der Waals surface area contributed by atoms with Gasteiger partial charge in [-0.05, 0) is 58.9 Å². The van der Waals surface area contributed by atoms with Crippen molar-refractivity contribution in [3.63, 3.8) is 0 Å². The number of benzene rings is 1. The molecule has 0 heterocycles. The van der Waals surface area contributed by atoms with E-state index in [0.717, 1.165) is 43.2 Å². The van der Waals surface area contributed by atoms with Crippen LogP contribution in [-0.2, 0) is 14.3 Å². The number of alkyl carbamates (subject to hydrolysis) is 1. The van der Waals surface area contributed by atoms with Crippen LogP contribution in [0.15, 0.2) is 24.3 Å². The van der Waals surface area contributed by atoms with Gasteiger partial charge in [-0.25, -0.2) is 4.79 Å². The average molecular weight is 432 g/mol. The molecule has 2 N–H and O–H groups in total. The van der Waals surface area contributed by atoms with Gasteiger partial charge < -0.3 is 20.3 Å². The summed E-state index contributed by atoms with van der Waals surface area (Å²) in [4.78, 5) is 40.1. The van der Waals surface area contributed by atoms with Crippen molar-refractivity contribution in [2.75, 3.05) is 13.1 Å². The number of rotatable bonds is 9. The predicted octanol–water partition coefficient (Wildman–Crippen LogP) is 3.86. The largest absolute Gasteiger partial charge is 0.444 e. The first-order chi connectivity index (χ1) is 14.6. The van der Waals surface area contributed by atoms with Gasteiger partial charge in [0.15, 0.2) is 0 Å². The van der Waals surface area contributed by atoms with Crippen LogP contribution in [0.4, 0.5) is 4.79 Å². The number of amides is 3. The summed E-state index contributed by atoms with van der Waals surface area (Å²) in [6.07, 6.45) is 3.93. The smallest absolute Gasteiger partial charge is 0.408 e. The number of hydrogen-bond donors (Lipinski definition) is 2. The molecule has 31 heavy (non-hydrogen) atoms. The van der Waals surface area contributed by atoms with E-state index in [-0.39, 0.29) is 24.4 Å². The van der Waals surface area contributed by atoms with Gasteiger partial charge in [0.25, 0.3) is 0 Å². The van der Waals surface area contributed by atoms with Gasteiger partial charge in [0.1, 0.15) is 18.2 Å². The lowest BCUT2D eigenvalue weighted by atomic mass is 9.88. The van der Waals surface area contributed by atoms with Crippen LogP contribution in [0.3, 0.4) is 0 Å². The summed E-state index contributed by atoms with van der Waals surface area (Å²) in [5.74, 6) is -0.471. The zero-order valence-electron chi connectivity index (χ0n) is 19.5. The Morgan fingerprint density at radius 1 is 1.13 bits per heavy atom. The van der Waals surface area contributed by atoms with E-state index < -0.39 is 17.7 Å². The second-order valence-corrected chi connectivity index (χ2v) is 9.20. The first-order valence-corrected chi connectivity index (χ1v) is 11.2. The molecule has 1 aliphatic rings. The SMILES string of the molecule is CCCCNC(=O)C(c1ccc(C)cc1)N(C(=O)CNC(=O)OC(C)(C)C)C1CCC1. The quantitative estimate of drug-likeness (QED) is 0.581. The Kier molecular flexibility index (Phi) is 8.89. The number of carbonyl (C=O) groups excluding carboxylic acids is 3. The second-order valence-electron chi connectivity index (χ2n) is 9.20. The standard InChI is InChI=1S/C24H37N3O4/c1-6-7-15-25-22(29)21(18-13-11-17(2)12-14-18)27(19-9-8-10-19)20(28)16-26-23(30)31-24(3,4)5/h11-14,19,21H,6-10,15-16H2,1-5H3,(H,25,29)(H,26,30). The van der Waals surface area contributed by atoms with Crippen molar-refractivity contribution in [2.45, 2.75) is 84.4 Å². The summed E-state index contributed by atoms with van der Waals surface area (Å²) in [6.45, 7) is 9.71. The van der Waals surface area contributed by atoms with E-state index in [1.165, 1.54) is 0 Å². The molecule has 0 aromatic heterocycles. The molecule has 1 fully saturated rings. The fourth-order valence-electron chi connectivity index (χ4n) is 3.45. The van der Waals surface area contributed by atoms with Crippen molar-refractivity contribution in [3.05, 3.63) is 35.4 Å². The molecule has 172 valence electrons. The minimum Gasteiger partial charge on any atom is -0.444 e. The number of hydrogen-bond acceptors (Lipinski definition) is 4.